The molecule has 2 amide bonds. The zero-order chi connectivity index (χ0) is 17.9. The number of carbonyl (C=O) groups excluding carboxylic acids is 2. The molecule has 2 aromatic rings. The van der Waals surface area contributed by atoms with Gasteiger partial charge in [0.2, 0.25) is 0 Å². The minimum atomic E-state index is -0.952. The second-order valence-corrected chi connectivity index (χ2v) is 5.97. The molecule has 8 nitrogen and oxygen atoms in total. The third-order valence-electron chi connectivity index (χ3n) is 2.97. The summed E-state index contributed by atoms with van der Waals surface area (Å²) in [6.07, 6.45) is -0.952. The molecule has 1 aromatic carbocycles. The third-order valence-corrected chi connectivity index (χ3v) is 4.09. The second kappa shape index (κ2) is 7.28. The first-order valence-corrected chi connectivity index (χ1v) is 7.84. The van der Waals surface area contributed by atoms with Crippen LogP contribution in [0.15, 0.2) is 29.6 Å². The Morgan fingerprint density at radius 2 is 2.12 bits per heavy atom. The topological polar surface area (TPSA) is 125 Å². The Labute approximate surface area is 145 Å². The van der Waals surface area contributed by atoms with Crippen molar-refractivity contribution < 1.29 is 19.2 Å². The number of benzene rings is 1. The highest BCUT2D eigenvalue weighted by atomic mass is 35.5. The van der Waals surface area contributed by atoms with Gasteiger partial charge in [-0.1, -0.05) is 11.6 Å². The number of rotatable bonds is 6. The first kappa shape index (κ1) is 17.7. The molecule has 24 heavy (non-hydrogen) atoms. The van der Waals surface area contributed by atoms with E-state index in [2.05, 4.69) is 5.32 Å². The van der Waals surface area contributed by atoms with Crippen molar-refractivity contribution >= 4 is 45.4 Å². The van der Waals surface area contributed by atoms with Crippen molar-refractivity contribution in [2.75, 3.05) is 5.32 Å². The number of thiophene rings is 1. The Morgan fingerprint density at radius 3 is 2.71 bits per heavy atom. The summed E-state index contributed by atoms with van der Waals surface area (Å²) in [4.78, 5) is 33.4. The van der Waals surface area contributed by atoms with Gasteiger partial charge in [0.25, 0.3) is 17.5 Å². The lowest BCUT2D eigenvalue weighted by Crippen LogP contribution is -2.30. The Morgan fingerprint density at radius 1 is 1.42 bits per heavy atom. The number of nitro benzene ring substituents is 1. The number of anilines is 1. The zero-order valence-electron chi connectivity index (χ0n) is 12.3. The van der Waals surface area contributed by atoms with Crippen molar-refractivity contribution in [1.82, 2.24) is 0 Å². The molecule has 0 aliphatic rings. The van der Waals surface area contributed by atoms with E-state index in [1.165, 1.54) is 25.1 Å². The van der Waals surface area contributed by atoms with Crippen molar-refractivity contribution in [2.45, 2.75) is 13.0 Å². The van der Waals surface area contributed by atoms with E-state index in [0.717, 1.165) is 17.4 Å². The molecule has 2 rings (SSSR count). The van der Waals surface area contributed by atoms with E-state index >= 15 is 0 Å². The molecule has 1 atom stereocenters. The number of nitrogens with one attached hydrogen (secondary N) is 1. The summed E-state index contributed by atoms with van der Waals surface area (Å²) in [5.74, 6) is -1.04. The molecule has 10 heteroatoms. The van der Waals surface area contributed by atoms with Gasteiger partial charge in [-0.3, -0.25) is 19.7 Å². The minimum absolute atomic E-state index is 0.0119. The van der Waals surface area contributed by atoms with Crippen LogP contribution in [0.5, 0.6) is 5.75 Å². The van der Waals surface area contributed by atoms with Gasteiger partial charge in [-0.25, -0.2) is 0 Å². The van der Waals surface area contributed by atoms with Crippen molar-refractivity contribution in [1.29, 1.82) is 0 Å². The number of nitrogens with zero attached hydrogens (tertiary/aromatic N) is 1. The van der Waals surface area contributed by atoms with Gasteiger partial charge in [-0.15, -0.1) is 11.3 Å². The molecule has 0 aliphatic carbocycles. The van der Waals surface area contributed by atoms with Crippen LogP contribution >= 0.6 is 22.9 Å². The third kappa shape index (κ3) is 4.00. The lowest BCUT2D eigenvalue weighted by molar-refractivity contribution is -0.384. The average molecular weight is 370 g/mol. The number of primary amides is 1. The normalized spacial score (nSPS) is 11.6. The van der Waals surface area contributed by atoms with Gasteiger partial charge in [-0.2, -0.15) is 0 Å². The monoisotopic (exact) mass is 369 g/mol. The number of amides is 2. The van der Waals surface area contributed by atoms with E-state index in [9.17, 15) is 19.7 Å². The minimum Gasteiger partial charge on any atom is -0.479 e. The summed E-state index contributed by atoms with van der Waals surface area (Å²) in [5, 5.41) is 15.2. The van der Waals surface area contributed by atoms with Gasteiger partial charge in [-0.05, 0) is 24.4 Å². The molecule has 0 bridgehead atoms. The standard InChI is InChI=1S/C14H12ClN3O5S/c1-7(13(20)17-14-9(12(16)19)4-5-24-14)23-11-3-2-8(18(21)22)6-10(11)15/h2-7H,1H3,(H2,16,19)(H,17,20)/t7-/m0/s1. The number of non-ortho nitro benzene ring substituents is 1. The van der Waals surface area contributed by atoms with Crippen LogP contribution in [0.3, 0.4) is 0 Å². The predicted molar refractivity (Wildman–Crippen MR) is 89.7 cm³/mol. The van der Waals surface area contributed by atoms with Crippen molar-refractivity contribution in [3.8, 4) is 5.75 Å². The Bertz CT molecular complexity index is 807. The molecule has 0 spiro atoms. The largest absolute Gasteiger partial charge is 0.479 e. The molecular formula is C14H12ClN3O5S. The van der Waals surface area contributed by atoms with E-state index in [4.69, 9.17) is 22.1 Å². The highest BCUT2D eigenvalue weighted by Gasteiger charge is 2.20. The van der Waals surface area contributed by atoms with Gasteiger partial charge >= 0.3 is 0 Å². The maximum Gasteiger partial charge on any atom is 0.271 e. The molecule has 0 fully saturated rings. The summed E-state index contributed by atoms with van der Waals surface area (Å²) < 4.78 is 5.41. The SMILES string of the molecule is C[C@H](Oc1ccc([N+](=O)[O-])cc1Cl)C(=O)Nc1sccc1C(N)=O. The van der Waals surface area contributed by atoms with Crippen LogP contribution in [0, 0.1) is 10.1 Å². The summed E-state index contributed by atoms with van der Waals surface area (Å²) in [7, 11) is 0. The Hall–Kier alpha value is -2.65. The lowest BCUT2D eigenvalue weighted by atomic mass is 10.3. The van der Waals surface area contributed by atoms with Crippen LogP contribution in [-0.2, 0) is 4.79 Å². The van der Waals surface area contributed by atoms with Crippen LogP contribution in [0.1, 0.15) is 17.3 Å². The van der Waals surface area contributed by atoms with Gasteiger partial charge in [0.05, 0.1) is 15.5 Å². The quantitative estimate of drug-likeness (QED) is 0.598. The van der Waals surface area contributed by atoms with Crippen molar-refractivity contribution in [3.63, 3.8) is 0 Å². The van der Waals surface area contributed by atoms with E-state index in [1.807, 2.05) is 0 Å². The maximum atomic E-state index is 12.1. The van der Waals surface area contributed by atoms with E-state index < -0.39 is 22.8 Å². The number of halogens is 1. The van der Waals surface area contributed by atoms with Crippen LogP contribution in [0.2, 0.25) is 5.02 Å². The Balaban J connectivity index is 2.08. The summed E-state index contributed by atoms with van der Waals surface area (Å²) in [6.45, 7) is 1.48. The molecular weight excluding hydrogens is 358 g/mol. The highest BCUT2D eigenvalue weighted by molar-refractivity contribution is 7.14. The predicted octanol–water partition coefficient (Wildman–Crippen LogP) is 2.81. The van der Waals surface area contributed by atoms with Gasteiger partial charge in [0.1, 0.15) is 10.8 Å². The Kier molecular flexibility index (Phi) is 5.37. The van der Waals surface area contributed by atoms with E-state index in [0.29, 0.717) is 5.00 Å². The number of nitro groups is 1. The van der Waals surface area contributed by atoms with Crippen LogP contribution in [0.25, 0.3) is 0 Å². The van der Waals surface area contributed by atoms with Gasteiger partial charge in [0, 0.05) is 12.1 Å². The highest BCUT2D eigenvalue weighted by Crippen LogP contribution is 2.30. The summed E-state index contributed by atoms with van der Waals surface area (Å²) in [5.41, 5.74) is 5.22. The number of nitrogens with two attached hydrogens (primary N) is 1. The molecule has 3 N–H and O–H groups in total. The first-order valence-electron chi connectivity index (χ1n) is 6.58. The lowest BCUT2D eigenvalue weighted by Gasteiger charge is -2.15. The van der Waals surface area contributed by atoms with Crippen LogP contribution < -0.4 is 15.8 Å². The number of carbonyl (C=O) groups is 2. The number of hydrogen-bond acceptors (Lipinski definition) is 6. The molecule has 0 unspecified atom stereocenters. The fourth-order valence-corrected chi connectivity index (χ4v) is 2.77. The van der Waals surface area contributed by atoms with Crippen molar-refractivity contribution in [2.24, 2.45) is 5.73 Å². The van der Waals surface area contributed by atoms with Crippen LogP contribution in [-0.4, -0.2) is 22.8 Å². The molecule has 0 aliphatic heterocycles. The van der Waals surface area contributed by atoms with E-state index in [-0.39, 0.29) is 22.0 Å². The van der Waals surface area contributed by atoms with Crippen LogP contribution in [0.4, 0.5) is 10.7 Å². The van der Waals surface area contributed by atoms with Gasteiger partial charge in [0.15, 0.2) is 6.10 Å². The van der Waals surface area contributed by atoms with Crippen molar-refractivity contribution in [3.05, 3.63) is 50.3 Å². The smallest absolute Gasteiger partial charge is 0.271 e. The summed E-state index contributed by atoms with van der Waals surface area (Å²) >= 11 is 7.06. The average Bonchev–Trinajstić information content (AvgIpc) is 2.97. The fourth-order valence-electron chi connectivity index (χ4n) is 1.76. The fraction of sp³-hybridized carbons (Fsp3) is 0.143. The first-order chi connectivity index (χ1) is 11.3. The van der Waals surface area contributed by atoms with Gasteiger partial charge < -0.3 is 15.8 Å². The molecule has 1 aromatic heterocycles. The second-order valence-electron chi connectivity index (χ2n) is 4.65. The maximum absolute atomic E-state index is 12.1. The molecule has 0 saturated heterocycles. The zero-order valence-corrected chi connectivity index (χ0v) is 13.9. The summed E-state index contributed by atoms with van der Waals surface area (Å²) in [6, 6.07) is 5.16. The number of hydrogen-bond donors (Lipinski definition) is 2. The molecule has 126 valence electrons. The molecule has 0 radical (unpaired) electrons. The van der Waals surface area contributed by atoms with E-state index in [1.54, 1.807) is 5.38 Å². The number of ether oxygens (including phenoxy) is 1. The molecule has 0 saturated carbocycles. The molecule has 1 heterocycles.